The highest BCUT2D eigenvalue weighted by atomic mass is 16.5. The SMILES string of the molecule is CCOC(=O)C1=C(C)N(Cc2cccc(C(=O)Nc3ccc(C)c(C)c3)c2)C(=O)C[C@@H]1c1ccccc1C. The Morgan fingerprint density at radius 2 is 1.68 bits per heavy atom. The van der Waals surface area contributed by atoms with Gasteiger partial charge in [0, 0.05) is 29.3 Å². The molecule has 38 heavy (non-hydrogen) atoms. The van der Waals surface area contributed by atoms with E-state index >= 15 is 0 Å². The largest absolute Gasteiger partial charge is 0.463 e. The molecule has 1 N–H and O–H groups in total. The molecule has 0 aromatic heterocycles. The number of nitrogens with one attached hydrogen (secondary N) is 1. The maximum Gasteiger partial charge on any atom is 0.336 e. The minimum atomic E-state index is -0.405. The predicted molar refractivity (Wildman–Crippen MR) is 149 cm³/mol. The number of ether oxygens (including phenoxy) is 1. The van der Waals surface area contributed by atoms with Crippen molar-refractivity contribution in [1.82, 2.24) is 4.90 Å². The van der Waals surface area contributed by atoms with Crippen molar-refractivity contribution in [3.63, 3.8) is 0 Å². The molecule has 1 heterocycles. The van der Waals surface area contributed by atoms with E-state index in [9.17, 15) is 14.4 Å². The molecule has 1 aliphatic rings. The zero-order chi connectivity index (χ0) is 27.4. The van der Waals surface area contributed by atoms with E-state index in [0.717, 1.165) is 33.5 Å². The van der Waals surface area contributed by atoms with Crippen LogP contribution in [0.25, 0.3) is 0 Å². The number of amides is 2. The van der Waals surface area contributed by atoms with Crippen LogP contribution in [-0.2, 0) is 20.9 Å². The van der Waals surface area contributed by atoms with E-state index in [2.05, 4.69) is 5.32 Å². The van der Waals surface area contributed by atoms with Crippen molar-refractivity contribution in [1.29, 1.82) is 0 Å². The van der Waals surface area contributed by atoms with E-state index < -0.39 is 5.97 Å². The molecule has 1 atom stereocenters. The van der Waals surface area contributed by atoms with Crippen molar-refractivity contribution in [3.8, 4) is 0 Å². The molecule has 6 nitrogen and oxygen atoms in total. The number of anilines is 1. The van der Waals surface area contributed by atoms with Gasteiger partial charge in [0.2, 0.25) is 5.91 Å². The van der Waals surface area contributed by atoms with Gasteiger partial charge >= 0.3 is 5.97 Å². The van der Waals surface area contributed by atoms with Crippen LogP contribution in [0.15, 0.2) is 78.0 Å². The first-order valence-electron chi connectivity index (χ1n) is 12.9. The predicted octanol–water partition coefficient (Wildman–Crippen LogP) is 6.22. The average molecular weight is 511 g/mol. The fourth-order valence-electron chi connectivity index (χ4n) is 4.94. The summed E-state index contributed by atoms with van der Waals surface area (Å²) in [6.45, 7) is 10.1. The van der Waals surface area contributed by atoms with Crippen LogP contribution in [0.1, 0.15) is 64.4 Å². The van der Waals surface area contributed by atoms with Crippen LogP contribution in [-0.4, -0.2) is 29.3 Å². The third kappa shape index (κ3) is 5.70. The third-order valence-electron chi connectivity index (χ3n) is 7.18. The van der Waals surface area contributed by atoms with Crippen LogP contribution in [0, 0.1) is 20.8 Å². The Morgan fingerprint density at radius 1 is 0.921 bits per heavy atom. The van der Waals surface area contributed by atoms with Gasteiger partial charge in [-0.15, -0.1) is 0 Å². The van der Waals surface area contributed by atoms with Crippen molar-refractivity contribution >= 4 is 23.5 Å². The number of benzene rings is 3. The lowest BCUT2D eigenvalue weighted by Crippen LogP contribution is -2.38. The first kappa shape index (κ1) is 26.9. The van der Waals surface area contributed by atoms with Crippen LogP contribution in [0.2, 0.25) is 0 Å². The second kappa shape index (κ2) is 11.5. The van der Waals surface area contributed by atoms with E-state index in [1.807, 2.05) is 69.3 Å². The van der Waals surface area contributed by atoms with Crippen molar-refractivity contribution in [2.45, 2.75) is 53.5 Å². The summed E-state index contributed by atoms with van der Waals surface area (Å²) in [6, 6.07) is 20.8. The molecule has 6 heteroatoms. The molecule has 0 spiro atoms. The lowest BCUT2D eigenvalue weighted by Gasteiger charge is -2.35. The zero-order valence-corrected chi connectivity index (χ0v) is 22.6. The smallest absolute Gasteiger partial charge is 0.336 e. The van der Waals surface area contributed by atoms with Crippen LogP contribution >= 0.6 is 0 Å². The van der Waals surface area contributed by atoms with Gasteiger partial charge in [0.15, 0.2) is 0 Å². The minimum absolute atomic E-state index is 0.0752. The number of allylic oxidation sites excluding steroid dienone is 1. The molecule has 0 saturated heterocycles. The molecule has 2 amide bonds. The highest BCUT2D eigenvalue weighted by molar-refractivity contribution is 6.04. The highest BCUT2D eigenvalue weighted by Crippen LogP contribution is 2.39. The Bertz CT molecular complexity index is 1420. The standard InChI is InChI=1S/C32H34N2O4/c1-6-38-32(37)30-23(5)34(29(35)18-28(30)27-13-8-7-10-21(27)3)19-24-11-9-12-25(17-24)31(36)33-26-15-14-20(2)22(4)16-26/h7-17,28H,6,18-19H2,1-5H3,(H,33,36)/t28-/m1/s1. The monoisotopic (exact) mass is 510 g/mol. The van der Waals surface area contributed by atoms with Crippen molar-refractivity contribution in [2.24, 2.45) is 0 Å². The Kier molecular flexibility index (Phi) is 8.10. The van der Waals surface area contributed by atoms with Gasteiger partial charge < -0.3 is 15.0 Å². The van der Waals surface area contributed by atoms with E-state index in [4.69, 9.17) is 4.74 Å². The Morgan fingerprint density at radius 3 is 2.39 bits per heavy atom. The first-order chi connectivity index (χ1) is 18.2. The average Bonchev–Trinajstić information content (AvgIpc) is 2.89. The normalized spacial score (nSPS) is 15.4. The third-order valence-corrected chi connectivity index (χ3v) is 7.18. The number of carbonyl (C=O) groups is 3. The van der Waals surface area contributed by atoms with E-state index in [1.54, 1.807) is 36.9 Å². The maximum absolute atomic E-state index is 13.4. The maximum atomic E-state index is 13.4. The molecular weight excluding hydrogens is 476 g/mol. The van der Waals surface area contributed by atoms with Crippen LogP contribution < -0.4 is 5.32 Å². The number of aryl methyl sites for hydroxylation is 3. The summed E-state index contributed by atoms with van der Waals surface area (Å²) in [6.07, 6.45) is 0.170. The molecule has 1 aliphatic heterocycles. The van der Waals surface area contributed by atoms with Gasteiger partial charge in [-0.2, -0.15) is 0 Å². The molecule has 4 rings (SSSR count). The summed E-state index contributed by atoms with van der Waals surface area (Å²) in [7, 11) is 0. The van der Waals surface area contributed by atoms with E-state index in [-0.39, 0.29) is 37.3 Å². The van der Waals surface area contributed by atoms with Gasteiger partial charge in [0.05, 0.1) is 18.7 Å². The second-order valence-corrected chi connectivity index (χ2v) is 9.77. The summed E-state index contributed by atoms with van der Waals surface area (Å²) in [4.78, 5) is 41.1. The molecule has 196 valence electrons. The molecule has 0 bridgehead atoms. The van der Waals surface area contributed by atoms with Gasteiger partial charge in [-0.05, 0) is 86.7 Å². The van der Waals surface area contributed by atoms with Gasteiger partial charge in [-0.25, -0.2) is 4.79 Å². The number of hydrogen-bond donors (Lipinski definition) is 1. The number of esters is 1. The number of hydrogen-bond acceptors (Lipinski definition) is 4. The quantitative estimate of drug-likeness (QED) is 0.383. The molecule has 0 unspecified atom stereocenters. The number of rotatable bonds is 7. The number of nitrogens with zero attached hydrogens (tertiary/aromatic N) is 1. The lowest BCUT2D eigenvalue weighted by atomic mass is 9.81. The lowest BCUT2D eigenvalue weighted by molar-refractivity contribution is -0.140. The summed E-state index contributed by atoms with van der Waals surface area (Å²) >= 11 is 0. The van der Waals surface area contributed by atoms with Crippen LogP contribution in [0.4, 0.5) is 5.69 Å². The van der Waals surface area contributed by atoms with Crippen molar-refractivity contribution in [2.75, 3.05) is 11.9 Å². The van der Waals surface area contributed by atoms with Crippen molar-refractivity contribution in [3.05, 3.63) is 111 Å². The molecule has 3 aromatic rings. The fourth-order valence-corrected chi connectivity index (χ4v) is 4.94. The first-order valence-corrected chi connectivity index (χ1v) is 12.9. The van der Waals surface area contributed by atoms with E-state index in [1.165, 1.54) is 0 Å². The van der Waals surface area contributed by atoms with Crippen LogP contribution in [0.3, 0.4) is 0 Å². The van der Waals surface area contributed by atoms with Gasteiger partial charge in [-0.3, -0.25) is 9.59 Å². The van der Waals surface area contributed by atoms with Crippen LogP contribution in [0.5, 0.6) is 0 Å². The Hall–Kier alpha value is -4.19. The summed E-state index contributed by atoms with van der Waals surface area (Å²) in [5.41, 5.74) is 7.34. The number of carbonyl (C=O) groups excluding carboxylic acids is 3. The minimum Gasteiger partial charge on any atom is -0.463 e. The molecule has 3 aromatic carbocycles. The highest BCUT2D eigenvalue weighted by Gasteiger charge is 2.37. The van der Waals surface area contributed by atoms with Gasteiger partial charge in [-0.1, -0.05) is 42.5 Å². The molecule has 0 saturated carbocycles. The topological polar surface area (TPSA) is 75.7 Å². The van der Waals surface area contributed by atoms with Gasteiger partial charge in [0.25, 0.3) is 5.91 Å². The molecule has 0 aliphatic carbocycles. The van der Waals surface area contributed by atoms with E-state index in [0.29, 0.717) is 16.8 Å². The van der Waals surface area contributed by atoms with Gasteiger partial charge in [0.1, 0.15) is 0 Å². The second-order valence-electron chi connectivity index (χ2n) is 9.77. The Labute approximate surface area is 224 Å². The molecule has 0 radical (unpaired) electrons. The summed E-state index contributed by atoms with van der Waals surface area (Å²) < 4.78 is 5.41. The summed E-state index contributed by atoms with van der Waals surface area (Å²) in [5.74, 6) is -1.07. The fraction of sp³-hybridized carbons (Fsp3) is 0.281. The molecule has 0 fully saturated rings. The Balaban J connectivity index is 1.62. The summed E-state index contributed by atoms with van der Waals surface area (Å²) in [5, 5.41) is 2.95. The molecular formula is C32H34N2O4. The zero-order valence-electron chi connectivity index (χ0n) is 22.6. The van der Waals surface area contributed by atoms with Crippen molar-refractivity contribution < 1.29 is 19.1 Å².